The van der Waals surface area contributed by atoms with E-state index in [2.05, 4.69) is 15.2 Å². The lowest BCUT2D eigenvalue weighted by molar-refractivity contribution is 0.260. The Bertz CT molecular complexity index is 855. The van der Waals surface area contributed by atoms with E-state index in [0.717, 1.165) is 22.6 Å². The maximum atomic E-state index is 13.8. The van der Waals surface area contributed by atoms with Crippen LogP contribution in [0.5, 0.6) is 0 Å². The molecule has 7 heteroatoms. The Morgan fingerprint density at radius 3 is 2.58 bits per heavy atom. The number of hydrogen-bond acceptors (Lipinski definition) is 5. The second-order valence-electron chi connectivity index (χ2n) is 6.02. The van der Waals surface area contributed by atoms with Gasteiger partial charge in [0, 0.05) is 12.2 Å². The molecule has 0 aliphatic carbocycles. The maximum Gasteiger partial charge on any atom is 0.240 e. The van der Waals surface area contributed by atoms with Crippen molar-refractivity contribution < 1.29 is 8.91 Å². The van der Waals surface area contributed by atoms with Crippen LogP contribution in [-0.2, 0) is 13.1 Å². The summed E-state index contributed by atoms with van der Waals surface area (Å²) in [5, 5.41) is 8.28. The number of aryl methyl sites for hydroxylation is 3. The summed E-state index contributed by atoms with van der Waals surface area (Å²) < 4.78 is 20.7. The molecule has 0 fully saturated rings. The van der Waals surface area contributed by atoms with Crippen LogP contribution in [0.3, 0.4) is 0 Å². The van der Waals surface area contributed by atoms with E-state index < -0.39 is 0 Å². The van der Waals surface area contributed by atoms with Crippen LogP contribution < -0.4 is 0 Å². The fourth-order valence-electron chi connectivity index (χ4n) is 2.74. The predicted molar refractivity (Wildman–Crippen MR) is 87.2 cm³/mol. The van der Waals surface area contributed by atoms with Crippen LogP contribution in [0.4, 0.5) is 4.39 Å². The third kappa shape index (κ3) is 3.51. The van der Waals surface area contributed by atoms with Gasteiger partial charge in [-0.2, -0.15) is 10.1 Å². The van der Waals surface area contributed by atoms with Gasteiger partial charge in [0.15, 0.2) is 5.82 Å². The van der Waals surface area contributed by atoms with E-state index in [-0.39, 0.29) is 5.82 Å². The fourth-order valence-corrected chi connectivity index (χ4v) is 2.74. The van der Waals surface area contributed by atoms with Gasteiger partial charge in [-0.3, -0.25) is 4.90 Å². The number of aromatic nitrogens is 4. The van der Waals surface area contributed by atoms with Gasteiger partial charge >= 0.3 is 0 Å². The molecule has 0 spiro atoms. The molecule has 0 amide bonds. The fraction of sp³-hybridized carbons (Fsp3) is 0.353. The van der Waals surface area contributed by atoms with E-state index in [1.165, 1.54) is 6.07 Å². The minimum atomic E-state index is -0.266. The Morgan fingerprint density at radius 2 is 1.96 bits per heavy atom. The molecule has 6 nitrogen and oxygen atoms in total. The first-order chi connectivity index (χ1) is 11.4. The molecule has 0 aliphatic heterocycles. The summed E-state index contributed by atoms with van der Waals surface area (Å²) in [5.74, 6) is 0.879. The van der Waals surface area contributed by atoms with Crippen molar-refractivity contribution in [2.24, 2.45) is 0 Å². The first kappa shape index (κ1) is 16.3. The van der Waals surface area contributed by atoms with E-state index in [4.69, 9.17) is 4.52 Å². The molecule has 0 saturated heterocycles. The Labute approximate surface area is 139 Å². The zero-order chi connectivity index (χ0) is 17.3. The molecule has 3 rings (SSSR count). The topological polar surface area (TPSA) is 60.0 Å². The quantitative estimate of drug-likeness (QED) is 0.720. The zero-order valence-corrected chi connectivity index (χ0v) is 14.2. The molecule has 0 N–H and O–H groups in total. The maximum absolute atomic E-state index is 13.8. The van der Waals surface area contributed by atoms with E-state index in [9.17, 15) is 4.39 Å². The van der Waals surface area contributed by atoms with Crippen molar-refractivity contribution in [3.8, 4) is 5.69 Å². The molecular weight excluding hydrogens is 309 g/mol. The van der Waals surface area contributed by atoms with Crippen molar-refractivity contribution in [3.63, 3.8) is 0 Å². The SMILES string of the molecule is Cc1cc(C)n(-c2ccc(F)cc2CN(C)Cc2nc(C)no2)n1. The van der Waals surface area contributed by atoms with Gasteiger partial charge in [0.05, 0.1) is 17.9 Å². The second kappa shape index (κ2) is 6.52. The summed E-state index contributed by atoms with van der Waals surface area (Å²) >= 11 is 0. The van der Waals surface area contributed by atoms with Crippen LogP contribution in [0.15, 0.2) is 28.8 Å². The van der Waals surface area contributed by atoms with Crippen LogP contribution >= 0.6 is 0 Å². The predicted octanol–water partition coefficient (Wildman–Crippen LogP) is 2.95. The number of halogens is 1. The summed E-state index contributed by atoms with van der Waals surface area (Å²) in [6, 6.07) is 6.75. The Balaban J connectivity index is 1.86. The van der Waals surface area contributed by atoms with Crippen molar-refractivity contribution >= 4 is 0 Å². The highest BCUT2D eigenvalue weighted by Gasteiger charge is 2.14. The summed E-state index contributed by atoms with van der Waals surface area (Å²) in [6.07, 6.45) is 0. The van der Waals surface area contributed by atoms with Crippen LogP contribution in [0.25, 0.3) is 5.69 Å². The van der Waals surface area contributed by atoms with Gasteiger partial charge < -0.3 is 4.52 Å². The molecule has 0 radical (unpaired) electrons. The third-order valence-corrected chi connectivity index (χ3v) is 3.69. The number of hydrogen-bond donors (Lipinski definition) is 0. The standard InChI is InChI=1S/C17H20FN5O/c1-11-7-12(2)23(20-11)16-6-5-15(18)8-14(16)9-22(4)10-17-19-13(3)21-24-17/h5-8H,9-10H2,1-4H3. The minimum absolute atomic E-state index is 0.266. The normalized spacial score (nSPS) is 11.4. The summed E-state index contributed by atoms with van der Waals surface area (Å²) in [7, 11) is 1.93. The molecule has 3 aromatic rings. The molecule has 24 heavy (non-hydrogen) atoms. The summed E-state index contributed by atoms with van der Waals surface area (Å²) in [4.78, 5) is 6.19. The van der Waals surface area contributed by atoms with E-state index in [0.29, 0.717) is 24.8 Å². The van der Waals surface area contributed by atoms with Crippen molar-refractivity contribution in [1.29, 1.82) is 0 Å². The number of nitrogens with zero attached hydrogens (tertiary/aromatic N) is 5. The monoisotopic (exact) mass is 329 g/mol. The highest BCUT2D eigenvalue weighted by molar-refractivity contribution is 5.42. The van der Waals surface area contributed by atoms with E-state index in [1.54, 1.807) is 19.1 Å². The lowest BCUT2D eigenvalue weighted by atomic mass is 10.1. The first-order valence-electron chi connectivity index (χ1n) is 7.72. The molecule has 2 heterocycles. The molecule has 1 aromatic carbocycles. The van der Waals surface area contributed by atoms with Crippen LogP contribution in [-0.4, -0.2) is 31.9 Å². The average molecular weight is 329 g/mol. The molecular formula is C17H20FN5O. The van der Waals surface area contributed by atoms with Gasteiger partial charge in [-0.1, -0.05) is 5.16 Å². The highest BCUT2D eigenvalue weighted by atomic mass is 19.1. The lowest BCUT2D eigenvalue weighted by Crippen LogP contribution is -2.19. The number of rotatable bonds is 5. The largest absolute Gasteiger partial charge is 0.338 e. The Morgan fingerprint density at radius 1 is 1.17 bits per heavy atom. The molecule has 0 atom stereocenters. The van der Waals surface area contributed by atoms with Gasteiger partial charge in [-0.15, -0.1) is 0 Å². The van der Waals surface area contributed by atoms with Crippen molar-refractivity contribution in [1.82, 2.24) is 24.8 Å². The van der Waals surface area contributed by atoms with Crippen LogP contribution in [0.2, 0.25) is 0 Å². The van der Waals surface area contributed by atoms with Crippen LogP contribution in [0, 0.1) is 26.6 Å². The minimum Gasteiger partial charge on any atom is -0.338 e. The van der Waals surface area contributed by atoms with E-state index >= 15 is 0 Å². The molecule has 0 aliphatic rings. The lowest BCUT2D eigenvalue weighted by Gasteiger charge is -2.18. The second-order valence-corrected chi connectivity index (χ2v) is 6.02. The van der Waals surface area contributed by atoms with Crippen molar-refractivity contribution in [2.45, 2.75) is 33.9 Å². The molecule has 2 aromatic heterocycles. The summed E-state index contributed by atoms with van der Waals surface area (Å²) in [6.45, 7) is 6.73. The van der Waals surface area contributed by atoms with Gasteiger partial charge in [-0.05, 0) is 57.6 Å². The van der Waals surface area contributed by atoms with Crippen molar-refractivity contribution in [2.75, 3.05) is 7.05 Å². The number of benzene rings is 1. The molecule has 0 saturated carbocycles. The third-order valence-electron chi connectivity index (χ3n) is 3.69. The molecule has 0 unspecified atom stereocenters. The van der Waals surface area contributed by atoms with Gasteiger partial charge in [-0.25, -0.2) is 9.07 Å². The van der Waals surface area contributed by atoms with Crippen molar-refractivity contribution in [3.05, 3.63) is 58.7 Å². The first-order valence-corrected chi connectivity index (χ1v) is 7.72. The molecule has 0 bridgehead atoms. The molecule has 126 valence electrons. The highest BCUT2D eigenvalue weighted by Crippen LogP contribution is 2.20. The Kier molecular flexibility index (Phi) is 4.44. The smallest absolute Gasteiger partial charge is 0.240 e. The Hall–Kier alpha value is -2.54. The van der Waals surface area contributed by atoms with Gasteiger partial charge in [0.1, 0.15) is 5.82 Å². The van der Waals surface area contributed by atoms with Gasteiger partial charge in [0.2, 0.25) is 5.89 Å². The summed E-state index contributed by atoms with van der Waals surface area (Å²) in [5.41, 5.74) is 3.66. The van der Waals surface area contributed by atoms with Gasteiger partial charge in [0.25, 0.3) is 0 Å². The zero-order valence-electron chi connectivity index (χ0n) is 14.2. The van der Waals surface area contributed by atoms with E-state index in [1.807, 2.05) is 36.5 Å². The van der Waals surface area contributed by atoms with Crippen LogP contribution in [0.1, 0.15) is 28.7 Å². The average Bonchev–Trinajstić information content (AvgIpc) is 3.04.